The fourth-order valence-corrected chi connectivity index (χ4v) is 4.30. The Balaban J connectivity index is 1.82. The zero-order valence-electron chi connectivity index (χ0n) is 20.6. The van der Waals surface area contributed by atoms with Crippen molar-refractivity contribution in [2.75, 3.05) is 25.6 Å². The molecule has 1 amide bonds. The average Bonchev–Trinajstić information content (AvgIpc) is 3.13. The molecule has 1 N–H and O–H groups in total. The number of rotatable bonds is 8. The molecule has 1 atom stereocenters. The van der Waals surface area contributed by atoms with Crippen molar-refractivity contribution in [2.24, 2.45) is 0 Å². The summed E-state index contributed by atoms with van der Waals surface area (Å²) in [5.41, 5.74) is 3.78. The van der Waals surface area contributed by atoms with Crippen LogP contribution in [0.3, 0.4) is 0 Å². The largest absolute Gasteiger partial charge is 0.507 e. The minimum Gasteiger partial charge on any atom is -0.507 e. The Morgan fingerprint density at radius 1 is 1.17 bits per heavy atom. The summed E-state index contributed by atoms with van der Waals surface area (Å²) >= 11 is 0. The number of aryl methyl sites for hydroxylation is 1. The molecule has 1 aliphatic heterocycles. The van der Waals surface area contributed by atoms with Crippen molar-refractivity contribution >= 4 is 23.1 Å². The van der Waals surface area contributed by atoms with E-state index in [1.165, 1.54) is 4.90 Å². The molecule has 2 aromatic carbocycles. The molecule has 0 spiro atoms. The fraction of sp³-hybridized carbons (Fsp3) is 0.207. The van der Waals surface area contributed by atoms with Crippen LogP contribution in [0.15, 0.2) is 85.2 Å². The van der Waals surface area contributed by atoms with Gasteiger partial charge in [-0.05, 0) is 60.0 Å². The second kappa shape index (κ2) is 10.5. The van der Waals surface area contributed by atoms with Gasteiger partial charge in [0.15, 0.2) is 0 Å². The number of amides is 1. The van der Waals surface area contributed by atoms with E-state index in [9.17, 15) is 14.7 Å². The summed E-state index contributed by atoms with van der Waals surface area (Å²) in [6.07, 6.45) is 4.97. The number of carbonyl (C=O) groups excluding carboxylic acids is 2. The van der Waals surface area contributed by atoms with Crippen molar-refractivity contribution in [3.8, 4) is 5.75 Å². The van der Waals surface area contributed by atoms with Gasteiger partial charge in [0.2, 0.25) is 0 Å². The van der Waals surface area contributed by atoms with Crippen LogP contribution in [0.4, 0.5) is 5.69 Å². The molecule has 0 saturated carbocycles. The Morgan fingerprint density at radius 2 is 1.92 bits per heavy atom. The molecular formula is C29H29N3O4. The van der Waals surface area contributed by atoms with Crippen LogP contribution in [-0.2, 0) is 16.1 Å². The molecule has 0 aliphatic carbocycles. The first-order valence-corrected chi connectivity index (χ1v) is 11.6. The highest BCUT2D eigenvalue weighted by atomic mass is 16.5. The van der Waals surface area contributed by atoms with E-state index in [0.717, 1.165) is 22.4 Å². The predicted octanol–water partition coefficient (Wildman–Crippen LogP) is 4.64. The Kier molecular flexibility index (Phi) is 7.20. The maximum Gasteiger partial charge on any atom is 0.295 e. The lowest BCUT2D eigenvalue weighted by Gasteiger charge is -2.26. The first-order chi connectivity index (χ1) is 17.3. The molecule has 0 bridgehead atoms. The van der Waals surface area contributed by atoms with Gasteiger partial charge >= 0.3 is 0 Å². The molecule has 1 aromatic heterocycles. The maximum absolute atomic E-state index is 13.3. The van der Waals surface area contributed by atoms with E-state index < -0.39 is 17.7 Å². The van der Waals surface area contributed by atoms with Gasteiger partial charge < -0.3 is 19.6 Å². The minimum atomic E-state index is -0.751. The molecule has 1 saturated heterocycles. The molecule has 4 rings (SSSR count). The highest BCUT2D eigenvalue weighted by Crippen LogP contribution is 2.41. The van der Waals surface area contributed by atoms with E-state index in [-0.39, 0.29) is 17.9 Å². The summed E-state index contributed by atoms with van der Waals surface area (Å²) in [5, 5.41) is 11.4. The summed E-state index contributed by atoms with van der Waals surface area (Å²) in [6.45, 7) is 6.05. The number of carbonyl (C=O) groups is 2. The van der Waals surface area contributed by atoms with E-state index in [4.69, 9.17) is 4.74 Å². The van der Waals surface area contributed by atoms with Gasteiger partial charge in [-0.3, -0.25) is 14.6 Å². The number of ketones is 1. The number of aliphatic hydroxyl groups is 1. The summed E-state index contributed by atoms with van der Waals surface area (Å²) in [5.74, 6) is -0.950. The highest BCUT2D eigenvalue weighted by Gasteiger charge is 2.46. The van der Waals surface area contributed by atoms with E-state index >= 15 is 0 Å². The van der Waals surface area contributed by atoms with E-state index in [1.807, 2.05) is 56.3 Å². The molecule has 1 fully saturated rings. The van der Waals surface area contributed by atoms with Crippen molar-refractivity contribution < 1.29 is 19.4 Å². The first kappa shape index (κ1) is 24.7. The van der Waals surface area contributed by atoms with Crippen LogP contribution in [0.1, 0.15) is 28.3 Å². The van der Waals surface area contributed by atoms with Gasteiger partial charge in [-0.15, -0.1) is 0 Å². The Morgan fingerprint density at radius 3 is 2.53 bits per heavy atom. The number of likely N-dealkylation sites (tertiary alicyclic amines) is 1. The summed E-state index contributed by atoms with van der Waals surface area (Å²) in [4.78, 5) is 34.1. The van der Waals surface area contributed by atoms with Gasteiger partial charge in [0.05, 0.1) is 11.6 Å². The Labute approximate surface area is 211 Å². The lowest BCUT2D eigenvalue weighted by molar-refractivity contribution is -0.140. The second-order valence-corrected chi connectivity index (χ2v) is 8.85. The molecule has 184 valence electrons. The van der Waals surface area contributed by atoms with Crippen LogP contribution in [-0.4, -0.2) is 47.4 Å². The third-order valence-corrected chi connectivity index (χ3v) is 6.15. The summed E-state index contributed by atoms with van der Waals surface area (Å²) < 4.78 is 5.63. The number of aliphatic hydroxyl groups excluding tert-OH is 1. The monoisotopic (exact) mass is 483 g/mol. The molecule has 1 unspecified atom stereocenters. The quantitative estimate of drug-likeness (QED) is 0.218. The number of hydrogen-bond donors (Lipinski definition) is 1. The number of anilines is 1. The number of hydrogen-bond acceptors (Lipinski definition) is 6. The Bertz CT molecular complexity index is 1310. The van der Waals surface area contributed by atoms with Gasteiger partial charge in [0, 0.05) is 44.3 Å². The van der Waals surface area contributed by atoms with E-state index in [1.54, 1.807) is 42.7 Å². The highest BCUT2D eigenvalue weighted by molar-refractivity contribution is 6.46. The van der Waals surface area contributed by atoms with Crippen LogP contribution in [0, 0.1) is 6.92 Å². The molecule has 3 aromatic rings. The molecule has 7 heteroatoms. The lowest BCUT2D eigenvalue weighted by Crippen LogP contribution is -2.29. The Hall–Kier alpha value is -4.39. The predicted molar refractivity (Wildman–Crippen MR) is 140 cm³/mol. The second-order valence-electron chi connectivity index (χ2n) is 8.85. The van der Waals surface area contributed by atoms with Gasteiger partial charge in [-0.25, -0.2) is 0 Å². The number of nitrogens with zero attached hydrogens (tertiary/aromatic N) is 3. The fourth-order valence-electron chi connectivity index (χ4n) is 4.30. The third-order valence-electron chi connectivity index (χ3n) is 6.15. The molecule has 1 aliphatic rings. The molecular weight excluding hydrogens is 454 g/mol. The van der Waals surface area contributed by atoms with Crippen LogP contribution in [0.25, 0.3) is 5.76 Å². The van der Waals surface area contributed by atoms with Crippen LogP contribution >= 0.6 is 0 Å². The van der Waals surface area contributed by atoms with Crippen LogP contribution in [0.2, 0.25) is 0 Å². The van der Waals surface area contributed by atoms with Crippen LogP contribution < -0.4 is 9.64 Å². The maximum atomic E-state index is 13.3. The standard InChI is InChI=1S/C29H29N3O4/c1-5-15-36-24-13-10-22(16-19(24)2)27(33)25-26(21-8-11-23(12-9-21)31(3)4)32(29(35)28(25)34)18-20-7-6-14-30-17-20/h5-14,16-17,26,33H,1,15,18H2,2-4H3/b27-25-. The molecule has 0 radical (unpaired) electrons. The average molecular weight is 484 g/mol. The molecule has 2 heterocycles. The normalized spacial score (nSPS) is 16.8. The van der Waals surface area contributed by atoms with Crippen molar-refractivity contribution in [1.29, 1.82) is 0 Å². The van der Waals surface area contributed by atoms with Crippen molar-refractivity contribution in [2.45, 2.75) is 19.5 Å². The topological polar surface area (TPSA) is 83.0 Å². The summed E-state index contributed by atoms with van der Waals surface area (Å²) in [7, 11) is 3.88. The number of aromatic nitrogens is 1. The van der Waals surface area contributed by atoms with E-state index in [2.05, 4.69) is 11.6 Å². The first-order valence-electron chi connectivity index (χ1n) is 11.6. The number of pyridine rings is 1. The smallest absolute Gasteiger partial charge is 0.295 e. The van der Waals surface area contributed by atoms with Crippen molar-refractivity contribution in [3.05, 3.63) is 107 Å². The van der Waals surface area contributed by atoms with Crippen molar-refractivity contribution in [1.82, 2.24) is 9.88 Å². The molecule has 36 heavy (non-hydrogen) atoms. The van der Waals surface area contributed by atoms with E-state index in [0.29, 0.717) is 17.9 Å². The van der Waals surface area contributed by atoms with Crippen LogP contribution in [0.5, 0.6) is 5.75 Å². The molecule has 7 nitrogen and oxygen atoms in total. The lowest BCUT2D eigenvalue weighted by atomic mass is 9.94. The van der Waals surface area contributed by atoms with Gasteiger partial charge in [0.1, 0.15) is 18.1 Å². The number of benzene rings is 2. The SMILES string of the molecule is C=CCOc1ccc(/C(O)=C2/C(=O)C(=O)N(Cc3cccnc3)C2c2ccc(N(C)C)cc2)cc1C. The number of ether oxygens (including phenoxy) is 1. The zero-order valence-corrected chi connectivity index (χ0v) is 20.6. The zero-order chi connectivity index (χ0) is 25.8. The third kappa shape index (κ3) is 4.86. The van der Waals surface area contributed by atoms with Gasteiger partial charge in [-0.2, -0.15) is 0 Å². The van der Waals surface area contributed by atoms with Gasteiger partial charge in [0.25, 0.3) is 11.7 Å². The summed E-state index contributed by atoms with van der Waals surface area (Å²) in [6, 6.07) is 15.7. The number of Topliss-reactive ketones (excluding diaryl/α,β-unsaturated/α-hetero) is 1. The van der Waals surface area contributed by atoms with Gasteiger partial charge in [-0.1, -0.05) is 30.9 Å². The minimum absolute atomic E-state index is 0.0562. The van der Waals surface area contributed by atoms with Crippen molar-refractivity contribution in [3.63, 3.8) is 0 Å².